The topological polar surface area (TPSA) is 72.5 Å². The lowest BCUT2D eigenvalue weighted by atomic mass is 9.89. The van der Waals surface area contributed by atoms with Crippen LogP contribution in [0.2, 0.25) is 0 Å². The second kappa shape index (κ2) is 8.21. The number of nitrogens with one attached hydrogen (secondary N) is 1. The Morgan fingerprint density at radius 2 is 2.12 bits per heavy atom. The molecule has 134 valence electrons. The molecule has 0 bridgehead atoms. The Morgan fingerprint density at radius 3 is 2.75 bits per heavy atom. The third-order valence-corrected chi connectivity index (χ3v) is 5.55. The lowest BCUT2D eigenvalue weighted by molar-refractivity contribution is -0.143. The molecule has 1 N–H and O–H groups in total. The van der Waals surface area contributed by atoms with E-state index in [-0.39, 0.29) is 17.3 Å². The van der Waals surface area contributed by atoms with E-state index in [1.807, 2.05) is 6.07 Å². The van der Waals surface area contributed by atoms with Gasteiger partial charge in [-0.05, 0) is 49.3 Å². The average Bonchev–Trinajstić information content (AvgIpc) is 2.51. The number of carbonyl (C=O) groups is 1. The molecule has 0 aliphatic carbocycles. The quantitative estimate of drug-likeness (QED) is 0.585. The van der Waals surface area contributed by atoms with Gasteiger partial charge in [-0.3, -0.25) is 4.79 Å². The van der Waals surface area contributed by atoms with E-state index >= 15 is 0 Å². The molecule has 1 aliphatic rings. The van der Waals surface area contributed by atoms with Crippen molar-refractivity contribution in [3.63, 3.8) is 0 Å². The van der Waals surface area contributed by atoms with E-state index in [0.717, 1.165) is 36.9 Å². The molecule has 1 heterocycles. The molecule has 0 spiro atoms. The summed E-state index contributed by atoms with van der Waals surface area (Å²) < 4.78 is 28.8. The van der Waals surface area contributed by atoms with Crippen LogP contribution in [0.5, 0.6) is 0 Å². The van der Waals surface area contributed by atoms with E-state index in [9.17, 15) is 13.2 Å². The molecule has 0 unspecified atom stereocenters. The van der Waals surface area contributed by atoms with Gasteiger partial charge < -0.3 is 10.1 Å². The molecule has 0 saturated carbocycles. The molecule has 24 heavy (non-hydrogen) atoms. The molecule has 2 rings (SSSR count). The summed E-state index contributed by atoms with van der Waals surface area (Å²) in [4.78, 5) is 11.7. The van der Waals surface area contributed by atoms with Gasteiger partial charge in [0.2, 0.25) is 0 Å². The Hall–Kier alpha value is -1.27. The first-order chi connectivity index (χ1) is 11.3. The number of fused-ring (bicyclic) bond motifs is 1. The fourth-order valence-corrected chi connectivity index (χ4v) is 4.26. The largest absolute Gasteiger partial charge is 0.466 e. The maximum absolute atomic E-state index is 11.9. The lowest BCUT2D eigenvalue weighted by Gasteiger charge is -2.28. The summed E-state index contributed by atoms with van der Waals surface area (Å²) in [6.45, 7) is 4.99. The molecule has 1 atom stereocenters. The predicted octanol–water partition coefficient (Wildman–Crippen LogP) is 3.49. The molecular weight excluding hydrogens is 350 g/mol. The number of halogens is 1. The Bertz CT molecular complexity index is 703. The van der Waals surface area contributed by atoms with E-state index in [0.29, 0.717) is 24.6 Å². The highest BCUT2D eigenvalue weighted by atomic mass is 35.7. The zero-order valence-electron chi connectivity index (χ0n) is 14.1. The highest BCUT2D eigenvalue weighted by Gasteiger charge is 2.25. The molecule has 1 aliphatic heterocycles. The van der Waals surface area contributed by atoms with Crippen molar-refractivity contribution in [2.75, 3.05) is 18.5 Å². The summed E-state index contributed by atoms with van der Waals surface area (Å²) >= 11 is 0. The van der Waals surface area contributed by atoms with Crippen LogP contribution >= 0.6 is 10.7 Å². The number of aryl methyl sites for hydroxylation is 1. The highest BCUT2D eigenvalue weighted by Crippen LogP contribution is 2.35. The number of hydrogen-bond donors (Lipinski definition) is 1. The first kappa shape index (κ1) is 19.1. The van der Waals surface area contributed by atoms with E-state index in [2.05, 4.69) is 12.2 Å². The average molecular weight is 374 g/mol. The molecule has 1 aromatic rings. The van der Waals surface area contributed by atoms with Crippen LogP contribution in [0.3, 0.4) is 0 Å². The second-order valence-electron chi connectivity index (χ2n) is 6.11. The van der Waals surface area contributed by atoms with E-state index in [1.165, 1.54) is 0 Å². The van der Waals surface area contributed by atoms with Crippen molar-refractivity contribution in [1.29, 1.82) is 0 Å². The molecule has 0 saturated heterocycles. The van der Waals surface area contributed by atoms with Gasteiger partial charge in [-0.15, -0.1) is 0 Å². The summed E-state index contributed by atoms with van der Waals surface area (Å²) in [5.41, 5.74) is 2.36. The summed E-state index contributed by atoms with van der Waals surface area (Å²) in [6.07, 6.45) is 3.65. The van der Waals surface area contributed by atoms with Gasteiger partial charge in [-0.2, -0.15) is 0 Å². The van der Waals surface area contributed by atoms with Crippen LogP contribution in [-0.4, -0.2) is 27.5 Å². The Balaban J connectivity index is 2.30. The van der Waals surface area contributed by atoms with Crippen LogP contribution in [0.4, 0.5) is 5.69 Å². The lowest BCUT2D eigenvalue weighted by Crippen LogP contribution is -2.24. The third-order valence-electron chi connectivity index (χ3n) is 4.20. The first-order valence-electron chi connectivity index (χ1n) is 8.35. The van der Waals surface area contributed by atoms with Crippen molar-refractivity contribution in [2.45, 2.75) is 50.8 Å². The SMILES string of the molecule is CCC[C@@H]1CNc2c(cc(CCC(=O)OCC)cc2S(=O)(=O)Cl)C1. The number of anilines is 1. The monoisotopic (exact) mass is 373 g/mol. The molecule has 1 aromatic carbocycles. The van der Waals surface area contributed by atoms with E-state index in [1.54, 1.807) is 13.0 Å². The number of hydrogen-bond acceptors (Lipinski definition) is 5. The molecule has 0 fully saturated rings. The Kier molecular flexibility index (Phi) is 6.52. The minimum atomic E-state index is -3.85. The Labute approximate surface area is 148 Å². The Morgan fingerprint density at radius 1 is 1.38 bits per heavy atom. The van der Waals surface area contributed by atoms with Crippen molar-refractivity contribution in [2.24, 2.45) is 5.92 Å². The minimum absolute atomic E-state index is 0.107. The molecule has 0 radical (unpaired) electrons. The number of carbonyl (C=O) groups excluding carboxylic acids is 1. The standard InChI is InChI=1S/C17H24ClNO4S/c1-3-5-13-9-14-8-12(6-7-16(20)23-4-2)10-15(24(18,21)22)17(14)19-11-13/h8,10,13,19H,3-7,9,11H2,1-2H3/t13-/m0/s1. The van der Waals surface area contributed by atoms with Crippen LogP contribution in [0.15, 0.2) is 17.0 Å². The maximum atomic E-state index is 11.9. The van der Waals surface area contributed by atoms with Crippen LogP contribution < -0.4 is 5.32 Å². The fraction of sp³-hybridized carbons (Fsp3) is 0.588. The first-order valence-corrected chi connectivity index (χ1v) is 10.7. The number of esters is 1. The van der Waals surface area contributed by atoms with Crippen LogP contribution in [-0.2, 0) is 31.4 Å². The third kappa shape index (κ3) is 4.86. The van der Waals surface area contributed by atoms with Crippen LogP contribution in [0, 0.1) is 5.92 Å². The number of rotatable bonds is 7. The highest BCUT2D eigenvalue weighted by molar-refractivity contribution is 8.13. The normalized spacial score (nSPS) is 17.0. The second-order valence-corrected chi connectivity index (χ2v) is 8.65. The summed E-state index contributed by atoms with van der Waals surface area (Å²) in [5.74, 6) is 0.196. The molecule has 7 heteroatoms. The van der Waals surface area contributed by atoms with Crippen LogP contribution in [0.25, 0.3) is 0 Å². The van der Waals surface area contributed by atoms with Gasteiger partial charge in [-0.25, -0.2) is 8.42 Å². The number of benzene rings is 1. The van der Waals surface area contributed by atoms with Gasteiger partial charge in [0.25, 0.3) is 9.05 Å². The molecular formula is C17H24ClNO4S. The minimum Gasteiger partial charge on any atom is -0.466 e. The van der Waals surface area contributed by atoms with Gasteiger partial charge in [0.1, 0.15) is 4.90 Å². The van der Waals surface area contributed by atoms with E-state index in [4.69, 9.17) is 15.4 Å². The summed E-state index contributed by atoms with van der Waals surface area (Å²) in [6, 6.07) is 3.54. The summed E-state index contributed by atoms with van der Waals surface area (Å²) in [5, 5.41) is 3.23. The molecule has 5 nitrogen and oxygen atoms in total. The van der Waals surface area contributed by atoms with Crippen molar-refractivity contribution in [3.8, 4) is 0 Å². The molecule has 0 aromatic heterocycles. The van der Waals surface area contributed by atoms with Crippen molar-refractivity contribution in [1.82, 2.24) is 0 Å². The predicted molar refractivity (Wildman–Crippen MR) is 95.0 cm³/mol. The summed E-state index contributed by atoms with van der Waals surface area (Å²) in [7, 11) is 1.77. The van der Waals surface area contributed by atoms with Gasteiger partial charge in [-0.1, -0.05) is 19.4 Å². The van der Waals surface area contributed by atoms with Crippen molar-refractivity contribution in [3.05, 3.63) is 23.3 Å². The zero-order chi connectivity index (χ0) is 17.7. The van der Waals surface area contributed by atoms with Gasteiger partial charge in [0.15, 0.2) is 0 Å². The van der Waals surface area contributed by atoms with Crippen molar-refractivity contribution >= 4 is 31.4 Å². The maximum Gasteiger partial charge on any atom is 0.306 e. The molecule has 0 amide bonds. The zero-order valence-corrected chi connectivity index (χ0v) is 15.7. The fourth-order valence-electron chi connectivity index (χ4n) is 3.16. The van der Waals surface area contributed by atoms with Gasteiger partial charge in [0, 0.05) is 23.6 Å². The smallest absolute Gasteiger partial charge is 0.306 e. The van der Waals surface area contributed by atoms with E-state index < -0.39 is 9.05 Å². The number of ether oxygens (including phenoxy) is 1. The van der Waals surface area contributed by atoms with Gasteiger partial charge >= 0.3 is 5.97 Å². The van der Waals surface area contributed by atoms with Crippen LogP contribution in [0.1, 0.15) is 44.2 Å². The van der Waals surface area contributed by atoms with Crippen molar-refractivity contribution < 1.29 is 17.9 Å². The van der Waals surface area contributed by atoms with Gasteiger partial charge in [0.05, 0.1) is 12.3 Å².